The van der Waals surface area contributed by atoms with E-state index in [2.05, 4.69) is 10.3 Å². The summed E-state index contributed by atoms with van der Waals surface area (Å²) in [7, 11) is 0. The van der Waals surface area contributed by atoms with Crippen LogP contribution in [0.5, 0.6) is 0 Å². The number of carbonyl (C=O) groups is 1. The number of para-hydroxylation sites is 1. The smallest absolute Gasteiger partial charge is 0.257 e. The summed E-state index contributed by atoms with van der Waals surface area (Å²) >= 11 is 5.96. The number of H-pyrrole nitrogens is 1. The van der Waals surface area contributed by atoms with Crippen molar-refractivity contribution in [1.82, 2.24) is 4.98 Å². The highest BCUT2D eigenvalue weighted by molar-refractivity contribution is 6.31. The van der Waals surface area contributed by atoms with Crippen molar-refractivity contribution in [3.8, 4) is 0 Å². The molecule has 0 aliphatic carbocycles. The van der Waals surface area contributed by atoms with E-state index in [-0.39, 0.29) is 5.91 Å². The van der Waals surface area contributed by atoms with Crippen molar-refractivity contribution >= 4 is 34.1 Å². The Morgan fingerprint density at radius 3 is 2.57 bits per heavy atom. The molecule has 1 amide bonds. The SMILES string of the molecule is Cc1cccc(C)c1NC(=O)c1c[nH]c2cc(Cl)ccc12. The zero-order chi connectivity index (χ0) is 15.0. The van der Waals surface area contributed by atoms with E-state index in [0.29, 0.717) is 10.6 Å². The van der Waals surface area contributed by atoms with Gasteiger partial charge in [0, 0.05) is 27.8 Å². The van der Waals surface area contributed by atoms with Crippen molar-refractivity contribution in [2.45, 2.75) is 13.8 Å². The number of fused-ring (bicyclic) bond motifs is 1. The first kappa shape index (κ1) is 13.7. The van der Waals surface area contributed by atoms with Gasteiger partial charge in [0.05, 0.1) is 5.56 Å². The minimum Gasteiger partial charge on any atom is -0.360 e. The Kier molecular flexibility index (Phi) is 3.43. The molecule has 21 heavy (non-hydrogen) atoms. The summed E-state index contributed by atoms with van der Waals surface area (Å²) in [6, 6.07) is 11.4. The van der Waals surface area contributed by atoms with Crippen LogP contribution >= 0.6 is 11.6 Å². The lowest BCUT2D eigenvalue weighted by molar-refractivity contribution is 0.102. The number of aryl methyl sites for hydroxylation is 2. The number of hydrogen-bond acceptors (Lipinski definition) is 1. The number of halogens is 1. The summed E-state index contributed by atoms with van der Waals surface area (Å²) in [6.07, 6.45) is 1.71. The molecule has 1 aromatic heterocycles. The second-order valence-electron chi connectivity index (χ2n) is 5.11. The van der Waals surface area contributed by atoms with E-state index in [4.69, 9.17) is 11.6 Å². The molecule has 2 N–H and O–H groups in total. The van der Waals surface area contributed by atoms with Gasteiger partial charge in [0.2, 0.25) is 0 Å². The third kappa shape index (κ3) is 2.52. The fourth-order valence-corrected chi connectivity index (χ4v) is 2.65. The van der Waals surface area contributed by atoms with Crippen LogP contribution in [0.4, 0.5) is 5.69 Å². The van der Waals surface area contributed by atoms with Crippen molar-refractivity contribution in [1.29, 1.82) is 0 Å². The summed E-state index contributed by atoms with van der Waals surface area (Å²) in [6.45, 7) is 3.97. The van der Waals surface area contributed by atoms with Crippen LogP contribution in [-0.4, -0.2) is 10.9 Å². The van der Waals surface area contributed by atoms with Gasteiger partial charge in [0.15, 0.2) is 0 Å². The molecule has 106 valence electrons. The Bertz CT molecular complexity index is 816. The third-order valence-electron chi connectivity index (χ3n) is 3.61. The molecule has 0 saturated carbocycles. The first-order valence-electron chi connectivity index (χ1n) is 6.70. The zero-order valence-electron chi connectivity index (χ0n) is 11.8. The second-order valence-corrected chi connectivity index (χ2v) is 5.55. The molecule has 0 fully saturated rings. The van der Waals surface area contributed by atoms with Gasteiger partial charge in [-0.1, -0.05) is 35.9 Å². The Hall–Kier alpha value is -2.26. The highest BCUT2D eigenvalue weighted by atomic mass is 35.5. The average molecular weight is 299 g/mol. The molecular formula is C17H15ClN2O. The first-order chi connectivity index (χ1) is 10.1. The number of anilines is 1. The van der Waals surface area contributed by atoms with E-state index in [0.717, 1.165) is 27.7 Å². The van der Waals surface area contributed by atoms with Crippen molar-refractivity contribution in [2.24, 2.45) is 0 Å². The van der Waals surface area contributed by atoms with Crippen LogP contribution in [0, 0.1) is 13.8 Å². The standard InChI is InChI=1S/C17H15ClN2O/c1-10-4-3-5-11(2)16(10)20-17(21)14-9-19-15-8-12(18)6-7-13(14)15/h3-9,19H,1-2H3,(H,20,21). The maximum atomic E-state index is 12.5. The molecule has 2 aromatic carbocycles. The quantitative estimate of drug-likeness (QED) is 0.708. The highest BCUT2D eigenvalue weighted by Crippen LogP contribution is 2.25. The minimum absolute atomic E-state index is 0.124. The van der Waals surface area contributed by atoms with E-state index in [1.165, 1.54) is 0 Å². The van der Waals surface area contributed by atoms with E-state index in [1.807, 2.05) is 44.2 Å². The molecule has 0 bridgehead atoms. The molecule has 0 radical (unpaired) electrons. The van der Waals surface area contributed by atoms with Crippen molar-refractivity contribution in [3.63, 3.8) is 0 Å². The topological polar surface area (TPSA) is 44.9 Å². The molecule has 3 aromatic rings. The number of aromatic amines is 1. The molecule has 0 aliphatic heterocycles. The molecule has 4 heteroatoms. The van der Waals surface area contributed by atoms with Crippen LogP contribution in [0.25, 0.3) is 10.9 Å². The van der Waals surface area contributed by atoms with E-state index >= 15 is 0 Å². The maximum absolute atomic E-state index is 12.5. The summed E-state index contributed by atoms with van der Waals surface area (Å²) in [4.78, 5) is 15.6. The number of benzene rings is 2. The molecule has 0 atom stereocenters. The minimum atomic E-state index is -0.124. The third-order valence-corrected chi connectivity index (χ3v) is 3.84. The van der Waals surface area contributed by atoms with Crippen LogP contribution < -0.4 is 5.32 Å². The van der Waals surface area contributed by atoms with Crippen LogP contribution in [0.3, 0.4) is 0 Å². The van der Waals surface area contributed by atoms with Gasteiger partial charge in [-0.05, 0) is 37.1 Å². The molecule has 0 spiro atoms. The molecular weight excluding hydrogens is 284 g/mol. The monoisotopic (exact) mass is 298 g/mol. The molecule has 3 nitrogen and oxygen atoms in total. The number of hydrogen-bond donors (Lipinski definition) is 2. The number of carbonyl (C=O) groups excluding carboxylic acids is 1. The molecule has 0 aliphatic rings. The lowest BCUT2D eigenvalue weighted by Crippen LogP contribution is -2.13. The summed E-state index contributed by atoms with van der Waals surface area (Å²) in [5, 5.41) is 4.50. The maximum Gasteiger partial charge on any atom is 0.257 e. The molecule has 1 heterocycles. The van der Waals surface area contributed by atoms with Crippen LogP contribution in [0.2, 0.25) is 5.02 Å². The van der Waals surface area contributed by atoms with Gasteiger partial charge >= 0.3 is 0 Å². The number of aromatic nitrogens is 1. The Balaban J connectivity index is 1.98. The van der Waals surface area contributed by atoms with E-state index in [1.54, 1.807) is 12.3 Å². The lowest BCUT2D eigenvalue weighted by Gasteiger charge is -2.11. The Morgan fingerprint density at radius 2 is 1.86 bits per heavy atom. The largest absolute Gasteiger partial charge is 0.360 e. The lowest BCUT2D eigenvalue weighted by atomic mass is 10.1. The Morgan fingerprint density at radius 1 is 1.14 bits per heavy atom. The van der Waals surface area contributed by atoms with E-state index < -0.39 is 0 Å². The summed E-state index contributed by atoms with van der Waals surface area (Å²) in [5.41, 5.74) is 4.43. The number of amides is 1. The van der Waals surface area contributed by atoms with Gasteiger partial charge in [-0.2, -0.15) is 0 Å². The van der Waals surface area contributed by atoms with Gasteiger partial charge < -0.3 is 10.3 Å². The summed E-state index contributed by atoms with van der Waals surface area (Å²) in [5.74, 6) is -0.124. The highest BCUT2D eigenvalue weighted by Gasteiger charge is 2.14. The second kappa shape index (κ2) is 5.26. The fourth-order valence-electron chi connectivity index (χ4n) is 2.48. The molecule has 0 saturated heterocycles. The zero-order valence-corrected chi connectivity index (χ0v) is 12.6. The Labute approximate surface area is 127 Å². The number of rotatable bonds is 2. The molecule has 0 unspecified atom stereocenters. The van der Waals surface area contributed by atoms with Crippen molar-refractivity contribution in [2.75, 3.05) is 5.32 Å². The number of nitrogens with one attached hydrogen (secondary N) is 2. The van der Waals surface area contributed by atoms with Crippen LogP contribution in [0.1, 0.15) is 21.5 Å². The normalized spacial score (nSPS) is 10.8. The predicted octanol–water partition coefficient (Wildman–Crippen LogP) is 4.69. The van der Waals surface area contributed by atoms with Crippen molar-refractivity contribution in [3.05, 3.63) is 64.3 Å². The van der Waals surface area contributed by atoms with Gasteiger partial charge in [-0.15, -0.1) is 0 Å². The first-order valence-corrected chi connectivity index (χ1v) is 7.08. The van der Waals surface area contributed by atoms with Gasteiger partial charge in [0.25, 0.3) is 5.91 Å². The molecule has 3 rings (SSSR count). The van der Waals surface area contributed by atoms with Gasteiger partial charge in [-0.3, -0.25) is 4.79 Å². The summed E-state index contributed by atoms with van der Waals surface area (Å²) < 4.78 is 0. The van der Waals surface area contributed by atoms with Crippen molar-refractivity contribution < 1.29 is 4.79 Å². The van der Waals surface area contributed by atoms with Gasteiger partial charge in [-0.25, -0.2) is 0 Å². The van der Waals surface area contributed by atoms with Gasteiger partial charge in [0.1, 0.15) is 0 Å². The van der Waals surface area contributed by atoms with Crippen LogP contribution in [-0.2, 0) is 0 Å². The fraction of sp³-hybridized carbons (Fsp3) is 0.118. The average Bonchev–Trinajstić information content (AvgIpc) is 2.85. The predicted molar refractivity (Wildman–Crippen MR) is 87.2 cm³/mol. The van der Waals surface area contributed by atoms with E-state index in [9.17, 15) is 4.79 Å². The van der Waals surface area contributed by atoms with Crippen LogP contribution in [0.15, 0.2) is 42.6 Å².